The van der Waals surface area contributed by atoms with Crippen molar-refractivity contribution in [3.63, 3.8) is 0 Å². The number of rotatable bonds is 28. The average Bonchev–Trinajstić information content (AvgIpc) is 2.79. The van der Waals surface area contributed by atoms with Crippen molar-refractivity contribution in [2.75, 3.05) is 27.2 Å². The SMILES string of the molecule is CC(C)CCCCCCCCCCCCC[N+](C)(C)CCCCCCCCCCCCCC(C)C. The summed E-state index contributed by atoms with van der Waals surface area (Å²) in [5.74, 6) is 1.78. The average molecular weight is 495 g/mol. The summed E-state index contributed by atoms with van der Waals surface area (Å²) < 4.78 is 1.24. The molecule has 0 aliphatic carbocycles. The molecule has 0 aromatic carbocycles. The lowest BCUT2D eigenvalue weighted by Gasteiger charge is -2.30. The Kier molecular flexibility index (Phi) is 25.6. The van der Waals surface area contributed by atoms with E-state index in [1.54, 1.807) is 0 Å². The lowest BCUT2D eigenvalue weighted by Crippen LogP contribution is -2.41. The molecule has 35 heavy (non-hydrogen) atoms. The highest BCUT2D eigenvalue weighted by Crippen LogP contribution is 2.16. The van der Waals surface area contributed by atoms with Gasteiger partial charge in [0.25, 0.3) is 0 Å². The zero-order valence-electron chi connectivity index (χ0n) is 26.0. The first-order valence-electron chi connectivity index (χ1n) is 16.7. The molecule has 212 valence electrons. The van der Waals surface area contributed by atoms with Gasteiger partial charge in [-0.1, -0.05) is 156 Å². The molecule has 0 unspecified atom stereocenters. The molecule has 1 nitrogen and oxygen atoms in total. The molecule has 0 atom stereocenters. The summed E-state index contributed by atoms with van der Waals surface area (Å²) in [4.78, 5) is 0. The Labute approximate surface area is 225 Å². The molecule has 0 aliphatic heterocycles. The molecule has 0 rings (SSSR count). The molecular weight excluding hydrogens is 422 g/mol. The molecule has 0 radical (unpaired) electrons. The van der Waals surface area contributed by atoms with Gasteiger partial charge in [0.05, 0.1) is 27.2 Å². The molecule has 0 fully saturated rings. The molecule has 0 heterocycles. The van der Waals surface area contributed by atoms with Crippen LogP contribution in [0.2, 0.25) is 0 Å². The van der Waals surface area contributed by atoms with Crippen molar-refractivity contribution in [2.24, 2.45) is 11.8 Å². The Hall–Kier alpha value is -0.0400. The molecule has 0 aromatic heterocycles. The van der Waals surface area contributed by atoms with Crippen molar-refractivity contribution >= 4 is 0 Å². The summed E-state index contributed by atoms with van der Waals surface area (Å²) in [5, 5.41) is 0. The number of hydrogen-bond donors (Lipinski definition) is 0. The monoisotopic (exact) mass is 495 g/mol. The molecule has 0 aromatic rings. The molecule has 0 saturated carbocycles. The minimum Gasteiger partial charge on any atom is -0.328 e. The molecule has 0 spiro atoms. The van der Waals surface area contributed by atoms with Gasteiger partial charge in [-0.05, 0) is 37.5 Å². The van der Waals surface area contributed by atoms with Crippen LogP contribution in [-0.4, -0.2) is 31.7 Å². The number of quaternary nitrogens is 1. The fourth-order valence-corrected chi connectivity index (χ4v) is 5.48. The van der Waals surface area contributed by atoms with Crippen molar-refractivity contribution in [3.05, 3.63) is 0 Å². The summed E-state index contributed by atoms with van der Waals surface area (Å²) in [7, 11) is 4.92. The number of hydrogen-bond acceptors (Lipinski definition) is 0. The van der Waals surface area contributed by atoms with E-state index in [2.05, 4.69) is 41.8 Å². The third-order valence-electron chi connectivity index (χ3n) is 8.09. The van der Waals surface area contributed by atoms with Crippen LogP contribution in [0.5, 0.6) is 0 Å². The quantitative estimate of drug-likeness (QED) is 0.0749. The third-order valence-corrected chi connectivity index (χ3v) is 8.09. The summed E-state index contributed by atoms with van der Waals surface area (Å²) in [6.07, 6.45) is 35.1. The summed E-state index contributed by atoms with van der Waals surface area (Å²) in [6, 6.07) is 0. The molecule has 1 heteroatoms. The van der Waals surface area contributed by atoms with E-state index in [0.717, 1.165) is 11.8 Å². The number of unbranched alkanes of at least 4 members (excludes halogenated alkanes) is 20. The van der Waals surface area contributed by atoms with Gasteiger partial charge in [0.15, 0.2) is 0 Å². The standard InChI is InChI=1S/C34H72N/c1-33(2)29-25-21-17-13-9-7-11-15-19-23-27-31-35(5,6)32-28-24-20-16-12-8-10-14-18-22-26-30-34(3)4/h33-34H,7-32H2,1-6H3/q+1. The van der Waals surface area contributed by atoms with E-state index in [-0.39, 0.29) is 0 Å². The normalized spacial score (nSPS) is 12.3. The highest BCUT2D eigenvalue weighted by molar-refractivity contribution is 4.52. The zero-order valence-corrected chi connectivity index (χ0v) is 26.0. The first-order valence-corrected chi connectivity index (χ1v) is 16.7. The van der Waals surface area contributed by atoms with Gasteiger partial charge < -0.3 is 4.48 Å². The maximum absolute atomic E-state index is 2.46. The number of nitrogens with zero attached hydrogens (tertiary/aromatic N) is 1. The summed E-state index contributed by atoms with van der Waals surface area (Å²) in [6.45, 7) is 12.2. The topological polar surface area (TPSA) is 0 Å². The molecule has 0 aliphatic rings. The van der Waals surface area contributed by atoms with Crippen LogP contribution >= 0.6 is 0 Å². The fraction of sp³-hybridized carbons (Fsp3) is 1.00. The Balaban J connectivity index is 3.30. The van der Waals surface area contributed by atoms with Crippen molar-refractivity contribution in [1.82, 2.24) is 0 Å². The van der Waals surface area contributed by atoms with E-state index in [9.17, 15) is 0 Å². The highest BCUT2D eigenvalue weighted by Gasteiger charge is 2.13. The second-order valence-corrected chi connectivity index (χ2v) is 13.5. The fourth-order valence-electron chi connectivity index (χ4n) is 5.48. The molecule has 0 amide bonds. The molecule has 0 N–H and O–H groups in total. The van der Waals surface area contributed by atoms with E-state index in [1.165, 1.54) is 172 Å². The van der Waals surface area contributed by atoms with Crippen LogP contribution in [0.25, 0.3) is 0 Å². The van der Waals surface area contributed by atoms with Crippen LogP contribution < -0.4 is 0 Å². The van der Waals surface area contributed by atoms with Crippen LogP contribution in [0.4, 0.5) is 0 Å². The van der Waals surface area contributed by atoms with Gasteiger partial charge in [-0.3, -0.25) is 0 Å². The van der Waals surface area contributed by atoms with E-state index < -0.39 is 0 Å². The van der Waals surface area contributed by atoms with Crippen LogP contribution in [0, 0.1) is 11.8 Å². The Morgan fingerprint density at radius 2 is 0.514 bits per heavy atom. The van der Waals surface area contributed by atoms with Gasteiger partial charge in [0, 0.05) is 0 Å². The zero-order chi connectivity index (χ0) is 26.0. The van der Waals surface area contributed by atoms with Crippen LogP contribution in [0.15, 0.2) is 0 Å². The van der Waals surface area contributed by atoms with E-state index in [4.69, 9.17) is 0 Å². The minimum absolute atomic E-state index is 0.892. The van der Waals surface area contributed by atoms with Crippen LogP contribution in [0.3, 0.4) is 0 Å². The minimum atomic E-state index is 0.892. The largest absolute Gasteiger partial charge is 0.328 e. The van der Waals surface area contributed by atoms with E-state index in [0.29, 0.717) is 0 Å². The van der Waals surface area contributed by atoms with Crippen LogP contribution in [-0.2, 0) is 0 Å². The van der Waals surface area contributed by atoms with Gasteiger partial charge >= 0.3 is 0 Å². The highest BCUT2D eigenvalue weighted by atomic mass is 15.3. The second kappa shape index (κ2) is 25.6. The maximum Gasteiger partial charge on any atom is 0.0782 e. The second-order valence-electron chi connectivity index (χ2n) is 13.5. The van der Waals surface area contributed by atoms with Gasteiger partial charge in [0.1, 0.15) is 0 Å². The molecular formula is C34H72N+. The maximum atomic E-state index is 2.46. The van der Waals surface area contributed by atoms with Crippen LogP contribution in [0.1, 0.15) is 182 Å². The van der Waals surface area contributed by atoms with E-state index in [1.807, 2.05) is 0 Å². The lowest BCUT2D eigenvalue weighted by atomic mass is 10.0. The molecule has 0 saturated heterocycles. The Morgan fingerprint density at radius 3 is 0.743 bits per heavy atom. The van der Waals surface area contributed by atoms with Crippen molar-refractivity contribution < 1.29 is 4.48 Å². The molecule has 0 bridgehead atoms. The first kappa shape index (κ1) is 35.0. The Bertz CT molecular complexity index is 361. The first-order chi connectivity index (χ1) is 16.8. The van der Waals surface area contributed by atoms with Crippen molar-refractivity contribution in [1.29, 1.82) is 0 Å². The van der Waals surface area contributed by atoms with Crippen molar-refractivity contribution in [2.45, 2.75) is 182 Å². The predicted octanol–water partition coefficient (Wildman–Crippen LogP) is 11.7. The Morgan fingerprint density at radius 1 is 0.314 bits per heavy atom. The summed E-state index contributed by atoms with van der Waals surface area (Å²) >= 11 is 0. The van der Waals surface area contributed by atoms with Gasteiger partial charge in [-0.2, -0.15) is 0 Å². The van der Waals surface area contributed by atoms with Gasteiger partial charge in [0.2, 0.25) is 0 Å². The third kappa shape index (κ3) is 30.1. The lowest BCUT2D eigenvalue weighted by molar-refractivity contribution is -0.890. The van der Waals surface area contributed by atoms with E-state index >= 15 is 0 Å². The smallest absolute Gasteiger partial charge is 0.0782 e. The van der Waals surface area contributed by atoms with Crippen molar-refractivity contribution in [3.8, 4) is 0 Å². The van der Waals surface area contributed by atoms with Gasteiger partial charge in [-0.25, -0.2) is 0 Å². The predicted molar refractivity (Wildman–Crippen MR) is 162 cm³/mol. The van der Waals surface area contributed by atoms with Gasteiger partial charge in [-0.15, -0.1) is 0 Å². The summed E-state index contributed by atoms with van der Waals surface area (Å²) in [5.41, 5.74) is 0.